The maximum absolute atomic E-state index is 14.5. The number of hydrogen-bond donors (Lipinski definition) is 0. The Hall–Kier alpha value is -0.800. The molecule has 1 unspecified atom stereocenters. The quantitative estimate of drug-likeness (QED) is 0.487. The molecule has 1 atom stereocenters. The molecule has 1 heterocycles. The van der Waals surface area contributed by atoms with Gasteiger partial charge in [0, 0.05) is 5.56 Å². The van der Waals surface area contributed by atoms with Crippen molar-refractivity contribution in [2.24, 2.45) is 23.7 Å². The zero-order valence-corrected chi connectivity index (χ0v) is 17.1. The third-order valence-corrected chi connectivity index (χ3v) is 7.64. The Morgan fingerprint density at radius 1 is 1.00 bits per heavy atom. The lowest BCUT2D eigenvalue weighted by Crippen LogP contribution is -2.27. The van der Waals surface area contributed by atoms with Gasteiger partial charge in [0.1, 0.15) is 6.10 Å². The summed E-state index contributed by atoms with van der Waals surface area (Å²) in [6.07, 6.45) is 12.1. The van der Waals surface area contributed by atoms with E-state index < -0.39 is 5.82 Å². The van der Waals surface area contributed by atoms with Gasteiger partial charge in [0.15, 0.2) is 11.6 Å². The van der Waals surface area contributed by atoms with E-state index in [0.717, 1.165) is 23.3 Å². The molecule has 0 N–H and O–H groups in total. The van der Waals surface area contributed by atoms with Gasteiger partial charge in [-0.05, 0) is 68.3 Å². The van der Waals surface area contributed by atoms with Gasteiger partial charge < -0.3 is 9.47 Å². The van der Waals surface area contributed by atoms with Crippen molar-refractivity contribution in [1.29, 1.82) is 0 Å². The first kappa shape index (κ1) is 19.5. The molecule has 4 heteroatoms. The summed E-state index contributed by atoms with van der Waals surface area (Å²) < 4.78 is 25.5. The fraction of sp³-hybridized carbons (Fsp3) is 0.739. The van der Waals surface area contributed by atoms with Crippen molar-refractivity contribution < 1.29 is 13.9 Å². The van der Waals surface area contributed by atoms with Crippen molar-refractivity contribution in [2.75, 3.05) is 13.2 Å². The zero-order chi connectivity index (χ0) is 18.8. The Morgan fingerprint density at radius 3 is 2.15 bits per heavy atom. The molecule has 1 aliphatic heterocycles. The predicted molar refractivity (Wildman–Crippen MR) is 107 cm³/mol. The average molecular weight is 395 g/mol. The number of rotatable bonds is 6. The van der Waals surface area contributed by atoms with Gasteiger partial charge in [-0.3, -0.25) is 0 Å². The average Bonchev–Trinajstić information content (AvgIpc) is 3.55. The third kappa shape index (κ3) is 4.62. The highest BCUT2D eigenvalue weighted by atomic mass is 35.5. The second-order valence-corrected chi connectivity index (χ2v) is 9.26. The van der Waals surface area contributed by atoms with Crippen LogP contribution < -0.4 is 4.74 Å². The first-order valence-corrected chi connectivity index (χ1v) is 11.3. The molecule has 3 fully saturated rings. The van der Waals surface area contributed by atoms with E-state index in [1.165, 1.54) is 57.8 Å². The number of ether oxygens (including phenoxy) is 2. The van der Waals surface area contributed by atoms with Crippen LogP contribution >= 0.6 is 11.6 Å². The molecule has 1 aromatic carbocycles. The maximum Gasteiger partial charge on any atom is 0.183 e. The number of halogens is 2. The fourth-order valence-electron chi connectivity index (χ4n) is 5.24. The number of benzene rings is 1. The van der Waals surface area contributed by atoms with Crippen molar-refractivity contribution in [2.45, 2.75) is 70.8 Å². The molecule has 0 radical (unpaired) electrons. The summed E-state index contributed by atoms with van der Waals surface area (Å²) >= 11 is 6.15. The number of epoxide rings is 1. The molecule has 0 aromatic heterocycles. The van der Waals surface area contributed by atoms with Gasteiger partial charge in [-0.15, -0.1) is 0 Å². The summed E-state index contributed by atoms with van der Waals surface area (Å²) in [4.78, 5) is 0. The minimum Gasteiger partial charge on any atom is -0.490 e. The highest BCUT2D eigenvalue weighted by molar-refractivity contribution is 6.31. The number of hydrogen-bond acceptors (Lipinski definition) is 2. The van der Waals surface area contributed by atoms with E-state index in [1.807, 2.05) is 6.07 Å². The van der Waals surface area contributed by atoms with Crippen molar-refractivity contribution >= 4 is 11.6 Å². The van der Waals surface area contributed by atoms with Crippen molar-refractivity contribution in [3.8, 4) is 5.75 Å². The second-order valence-electron chi connectivity index (χ2n) is 8.88. The lowest BCUT2D eigenvalue weighted by atomic mass is 9.69. The smallest absolute Gasteiger partial charge is 0.183 e. The molecular weight excluding hydrogens is 363 g/mol. The summed E-state index contributed by atoms with van der Waals surface area (Å²) in [7, 11) is 0. The zero-order valence-electron chi connectivity index (χ0n) is 16.4. The molecule has 2 saturated carbocycles. The highest BCUT2D eigenvalue weighted by Crippen LogP contribution is 2.42. The molecule has 1 aromatic rings. The highest BCUT2D eigenvalue weighted by Gasteiger charge is 2.32. The second kappa shape index (κ2) is 8.69. The van der Waals surface area contributed by atoms with E-state index in [2.05, 4.69) is 6.92 Å². The molecule has 3 aliphatic rings. The molecule has 2 nitrogen and oxygen atoms in total. The van der Waals surface area contributed by atoms with Crippen LogP contribution in [0.3, 0.4) is 0 Å². The first-order chi connectivity index (χ1) is 13.2. The summed E-state index contributed by atoms with van der Waals surface area (Å²) in [5, 5.41) is 0.154. The van der Waals surface area contributed by atoms with E-state index in [9.17, 15) is 4.39 Å². The molecule has 150 valence electrons. The molecule has 1 saturated heterocycles. The lowest BCUT2D eigenvalue weighted by molar-refractivity contribution is 0.121. The van der Waals surface area contributed by atoms with Crippen LogP contribution in [0.15, 0.2) is 12.1 Å². The maximum atomic E-state index is 14.5. The van der Waals surface area contributed by atoms with Crippen molar-refractivity contribution in [3.63, 3.8) is 0 Å². The first-order valence-electron chi connectivity index (χ1n) is 10.9. The largest absolute Gasteiger partial charge is 0.490 e. The molecule has 2 aliphatic carbocycles. The summed E-state index contributed by atoms with van der Waals surface area (Å²) in [6, 6.07) is 3.54. The van der Waals surface area contributed by atoms with Crippen LogP contribution in [0.1, 0.15) is 76.4 Å². The SMILES string of the molecule is CCC1CCC(C2CCC(COc3ccc(C4CO4)c(Cl)c3F)CC2)CC1. The fourth-order valence-corrected chi connectivity index (χ4v) is 5.51. The van der Waals surface area contributed by atoms with E-state index in [-0.39, 0.29) is 16.9 Å². The Balaban J connectivity index is 1.24. The summed E-state index contributed by atoms with van der Waals surface area (Å²) in [5.74, 6) is 3.21. The van der Waals surface area contributed by atoms with Crippen LogP contribution in [0.2, 0.25) is 5.02 Å². The van der Waals surface area contributed by atoms with Crippen LogP contribution in [-0.4, -0.2) is 13.2 Å². The van der Waals surface area contributed by atoms with E-state index in [0.29, 0.717) is 19.1 Å². The third-order valence-electron chi connectivity index (χ3n) is 7.26. The van der Waals surface area contributed by atoms with E-state index >= 15 is 0 Å². The lowest BCUT2D eigenvalue weighted by Gasteiger charge is -2.37. The minimum absolute atomic E-state index is 0.0382. The standard InChI is InChI=1S/C23H32ClFO2/c1-2-15-3-7-17(8-4-15)18-9-5-16(6-10-18)13-26-20-12-11-19(21-14-27-21)22(24)23(20)25/h11-12,15-18,21H,2-10,13-14H2,1H3. The van der Waals surface area contributed by atoms with Crippen LogP contribution in [-0.2, 0) is 4.74 Å². The van der Waals surface area contributed by atoms with Crippen LogP contribution in [0, 0.1) is 29.5 Å². The van der Waals surface area contributed by atoms with Crippen LogP contribution in [0.25, 0.3) is 0 Å². The Morgan fingerprint density at radius 2 is 1.59 bits per heavy atom. The van der Waals surface area contributed by atoms with Gasteiger partial charge in [0.25, 0.3) is 0 Å². The molecule has 0 bridgehead atoms. The molecule has 0 amide bonds. The summed E-state index contributed by atoms with van der Waals surface area (Å²) in [6.45, 7) is 3.56. The van der Waals surface area contributed by atoms with E-state index in [4.69, 9.17) is 21.1 Å². The van der Waals surface area contributed by atoms with E-state index in [1.54, 1.807) is 6.07 Å². The van der Waals surface area contributed by atoms with Crippen molar-refractivity contribution in [3.05, 3.63) is 28.5 Å². The van der Waals surface area contributed by atoms with Gasteiger partial charge in [-0.25, -0.2) is 4.39 Å². The van der Waals surface area contributed by atoms with Gasteiger partial charge in [0.2, 0.25) is 0 Å². The minimum atomic E-state index is -0.439. The Kier molecular flexibility index (Phi) is 6.28. The normalized spacial score (nSPS) is 33.7. The van der Waals surface area contributed by atoms with Gasteiger partial charge in [0.05, 0.1) is 18.2 Å². The van der Waals surface area contributed by atoms with Crippen LogP contribution in [0.5, 0.6) is 5.75 Å². The molecule has 27 heavy (non-hydrogen) atoms. The van der Waals surface area contributed by atoms with Crippen molar-refractivity contribution in [1.82, 2.24) is 0 Å². The topological polar surface area (TPSA) is 21.8 Å². The Bertz CT molecular complexity index is 630. The van der Waals surface area contributed by atoms with Gasteiger partial charge in [-0.2, -0.15) is 0 Å². The summed E-state index contributed by atoms with van der Waals surface area (Å²) in [5.41, 5.74) is 0.736. The van der Waals surface area contributed by atoms with Gasteiger partial charge in [-0.1, -0.05) is 43.9 Å². The van der Waals surface area contributed by atoms with Gasteiger partial charge >= 0.3 is 0 Å². The predicted octanol–water partition coefficient (Wildman–Crippen LogP) is 6.95. The molecular formula is C23H32ClFO2. The van der Waals surface area contributed by atoms with Crippen LogP contribution in [0.4, 0.5) is 4.39 Å². The molecule has 4 rings (SSSR count). The molecule has 0 spiro atoms. The monoisotopic (exact) mass is 394 g/mol. The Labute approximate surface area is 167 Å².